The fourth-order valence-corrected chi connectivity index (χ4v) is 3.11. The molecule has 0 aliphatic rings. The summed E-state index contributed by atoms with van der Waals surface area (Å²) < 4.78 is 26.2. The zero-order valence-corrected chi connectivity index (χ0v) is 17.2. The minimum Gasteiger partial charge on any atom is -0.485 e. The van der Waals surface area contributed by atoms with Crippen molar-refractivity contribution in [2.45, 2.75) is 19.6 Å². The number of furan rings is 1. The van der Waals surface area contributed by atoms with Crippen molar-refractivity contribution in [2.75, 3.05) is 5.32 Å². The van der Waals surface area contributed by atoms with Gasteiger partial charge >= 0.3 is 0 Å². The third kappa shape index (κ3) is 5.28. The molecule has 32 heavy (non-hydrogen) atoms. The predicted octanol–water partition coefficient (Wildman–Crippen LogP) is 4.62. The van der Waals surface area contributed by atoms with E-state index in [-0.39, 0.29) is 24.1 Å². The van der Waals surface area contributed by atoms with E-state index in [9.17, 15) is 9.18 Å². The zero-order valence-electron chi connectivity index (χ0n) is 17.2. The van der Waals surface area contributed by atoms with E-state index >= 15 is 0 Å². The number of anilines is 1. The lowest BCUT2D eigenvalue weighted by atomic mass is 10.1. The number of aromatic nitrogens is 3. The van der Waals surface area contributed by atoms with Crippen molar-refractivity contribution in [3.8, 4) is 5.75 Å². The Balaban J connectivity index is 1.34. The van der Waals surface area contributed by atoms with Gasteiger partial charge in [0.25, 0.3) is 5.91 Å². The summed E-state index contributed by atoms with van der Waals surface area (Å²) in [4.78, 5) is 16.5. The van der Waals surface area contributed by atoms with E-state index in [4.69, 9.17) is 9.15 Å². The van der Waals surface area contributed by atoms with E-state index in [1.165, 1.54) is 23.1 Å². The van der Waals surface area contributed by atoms with Crippen molar-refractivity contribution in [2.24, 2.45) is 0 Å². The number of ether oxygens (including phenoxy) is 1. The van der Waals surface area contributed by atoms with Gasteiger partial charge < -0.3 is 9.15 Å². The van der Waals surface area contributed by atoms with Gasteiger partial charge in [0.2, 0.25) is 5.95 Å². The van der Waals surface area contributed by atoms with Crippen LogP contribution in [0.15, 0.2) is 84.1 Å². The van der Waals surface area contributed by atoms with Gasteiger partial charge in [-0.25, -0.2) is 14.1 Å². The Morgan fingerprint density at radius 2 is 2.06 bits per heavy atom. The topological polar surface area (TPSA) is 82.2 Å². The molecular weight excluding hydrogens is 411 g/mol. The number of carbonyl (C=O) groups excluding carboxylic acids is 1. The van der Waals surface area contributed by atoms with Gasteiger partial charge in [-0.3, -0.25) is 10.1 Å². The van der Waals surface area contributed by atoms with Crippen molar-refractivity contribution in [1.29, 1.82) is 0 Å². The number of nitrogens with one attached hydrogen (secondary N) is 1. The second-order valence-electron chi connectivity index (χ2n) is 7.00. The van der Waals surface area contributed by atoms with Crippen LogP contribution in [-0.2, 0) is 19.6 Å². The standard InChI is InChI=1S/C24H21FN4O3/c1-2-6-18-8-3-4-10-21(18)31-15-20-11-12-22(32-20)23(30)27-24-26-16-29(28-24)14-17-7-5-9-19(25)13-17/h2-5,7-13,16H,1,6,14-15H2,(H,27,28,30). The molecule has 0 saturated carbocycles. The highest BCUT2D eigenvalue weighted by Gasteiger charge is 2.14. The number of para-hydroxylation sites is 1. The summed E-state index contributed by atoms with van der Waals surface area (Å²) in [6.45, 7) is 4.27. The van der Waals surface area contributed by atoms with Gasteiger partial charge in [0.15, 0.2) is 5.76 Å². The molecule has 8 heteroatoms. The molecule has 4 rings (SSSR count). The first kappa shape index (κ1) is 21.0. The Kier molecular flexibility index (Phi) is 6.41. The molecule has 0 atom stereocenters. The molecule has 162 valence electrons. The summed E-state index contributed by atoms with van der Waals surface area (Å²) >= 11 is 0. The fourth-order valence-electron chi connectivity index (χ4n) is 3.11. The second kappa shape index (κ2) is 9.74. The van der Waals surface area contributed by atoms with Crippen LogP contribution < -0.4 is 10.1 Å². The molecule has 0 fully saturated rings. The van der Waals surface area contributed by atoms with E-state index in [1.807, 2.05) is 30.3 Å². The summed E-state index contributed by atoms with van der Waals surface area (Å²) in [5.41, 5.74) is 1.75. The van der Waals surface area contributed by atoms with Gasteiger partial charge in [0.1, 0.15) is 30.3 Å². The van der Waals surface area contributed by atoms with Crippen LogP contribution in [0.1, 0.15) is 27.4 Å². The number of halogens is 1. The van der Waals surface area contributed by atoms with Crippen LogP contribution in [0.5, 0.6) is 5.75 Å². The quantitative estimate of drug-likeness (QED) is 0.390. The van der Waals surface area contributed by atoms with Crippen LogP contribution in [0.4, 0.5) is 10.3 Å². The highest BCUT2D eigenvalue weighted by atomic mass is 19.1. The molecule has 0 aliphatic heterocycles. The van der Waals surface area contributed by atoms with Crippen molar-refractivity contribution in [1.82, 2.24) is 14.8 Å². The summed E-state index contributed by atoms with van der Waals surface area (Å²) in [6.07, 6.45) is 3.97. The smallest absolute Gasteiger partial charge is 0.293 e. The van der Waals surface area contributed by atoms with Crippen LogP contribution >= 0.6 is 0 Å². The maximum absolute atomic E-state index is 13.3. The average Bonchev–Trinajstić information content (AvgIpc) is 3.43. The van der Waals surface area contributed by atoms with Crippen LogP contribution in [0.25, 0.3) is 0 Å². The molecule has 2 aromatic carbocycles. The third-order valence-corrected chi connectivity index (χ3v) is 4.59. The summed E-state index contributed by atoms with van der Waals surface area (Å²) in [5.74, 6) is 0.684. The van der Waals surface area contributed by atoms with Crippen LogP contribution in [0.3, 0.4) is 0 Å². The van der Waals surface area contributed by atoms with Gasteiger partial charge in [-0.1, -0.05) is 36.4 Å². The molecule has 0 aliphatic carbocycles. The van der Waals surface area contributed by atoms with Gasteiger partial charge in [-0.05, 0) is 47.9 Å². The Labute approximate surface area is 184 Å². The number of amides is 1. The number of hydrogen-bond donors (Lipinski definition) is 1. The third-order valence-electron chi connectivity index (χ3n) is 4.59. The van der Waals surface area contributed by atoms with Crippen LogP contribution in [0, 0.1) is 5.82 Å². The first-order valence-electron chi connectivity index (χ1n) is 9.96. The lowest BCUT2D eigenvalue weighted by Gasteiger charge is -2.08. The summed E-state index contributed by atoms with van der Waals surface area (Å²) in [5, 5.41) is 6.77. The molecule has 2 aromatic heterocycles. The predicted molar refractivity (Wildman–Crippen MR) is 117 cm³/mol. The molecule has 1 N–H and O–H groups in total. The SMILES string of the molecule is C=CCc1ccccc1OCc1ccc(C(=O)Nc2ncn(Cc3cccc(F)c3)n2)o1. The van der Waals surface area contributed by atoms with Crippen molar-refractivity contribution in [3.05, 3.63) is 108 Å². The van der Waals surface area contributed by atoms with Crippen molar-refractivity contribution in [3.63, 3.8) is 0 Å². The number of allylic oxidation sites excluding steroid dienone is 1. The molecule has 2 heterocycles. The molecule has 7 nitrogen and oxygen atoms in total. The van der Waals surface area contributed by atoms with Gasteiger partial charge in [0.05, 0.1) is 6.54 Å². The maximum Gasteiger partial charge on any atom is 0.293 e. The molecule has 0 spiro atoms. The van der Waals surface area contributed by atoms with E-state index in [1.54, 1.807) is 24.3 Å². The Morgan fingerprint density at radius 3 is 2.91 bits per heavy atom. The Morgan fingerprint density at radius 1 is 1.19 bits per heavy atom. The van der Waals surface area contributed by atoms with Crippen LogP contribution in [0.2, 0.25) is 0 Å². The van der Waals surface area contributed by atoms with E-state index in [0.717, 1.165) is 16.9 Å². The molecule has 1 amide bonds. The lowest BCUT2D eigenvalue weighted by molar-refractivity contribution is 0.0991. The number of benzene rings is 2. The highest BCUT2D eigenvalue weighted by molar-refractivity contribution is 6.01. The highest BCUT2D eigenvalue weighted by Crippen LogP contribution is 2.21. The summed E-state index contributed by atoms with van der Waals surface area (Å²) in [6, 6.07) is 17.1. The van der Waals surface area contributed by atoms with E-state index < -0.39 is 5.91 Å². The Bertz CT molecular complexity index is 1230. The maximum atomic E-state index is 13.3. The van der Waals surface area contributed by atoms with Crippen molar-refractivity contribution >= 4 is 11.9 Å². The minimum absolute atomic E-state index is 0.115. The normalized spacial score (nSPS) is 10.7. The average molecular weight is 432 g/mol. The molecule has 4 aromatic rings. The van der Waals surface area contributed by atoms with Crippen LogP contribution in [-0.4, -0.2) is 20.7 Å². The number of carbonyl (C=O) groups is 1. The molecule has 0 bridgehead atoms. The fraction of sp³-hybridized carbons (Fsp3) is 0.125. The van der Waals surface area contributed by atoms with Gasteiger partial charge in [-0.15, -0.1) is 11.7 Å². The molecule has 0 saturated heterocycles. The van der Waals surface area contributed by atoms with Gasteiger partial charge in [0, 0.05) is 0 Å². The second-order valence-corrected chi connectivity index (χ2v) is 7.00. The number of hydrogen-bond acceptors (Lipinski definition) is 5. The molecule has 0 radical (unpaired) electrons. The number of rotatable bonds is 9. The van der Waals surface area contributed by atoms with E-state index in [0.29, 0.717) is 18.7 Å². The lowest BCUT2D eigenvalue weighted by Crippen LogP contribution is -2.12. The van der Waals surface area contributed by atoms with Crippen molar-refractivity contribution < 1.29 is 18.3 Å². The summed E-state index contributed by atoms with van der Waals surface area (Å²) in [7, 11) is 0. The largest absolute Gasteiger partial charge is 0.485 e. The van der Waals surface area contributed by atoms with E-state index in [2.05, 4.69) is 22.0 Å². The molecular formula is C24H21FN4O3. The first-order valence-corrected chi connectivity index (χ1v) is 9.96. The molecule has 0 unspecified atom stereocenters. The minimum atomic E-state index is -0.480. The first-order chi connectivity index (χ1) is 15.6. The number of nitrogens with zero attached hydrogens (tertiary/aromatic N) is 3. The van der Waals surface area contributed by atoms with Gasteiger partial charge in [-0.2, -0.15) is 0 Å². The monoisotopic (exact) mass is 432 g/mol. The Hall–Kier alpha value is -4.20. The zero-order chi connectivity index (χ0) is 22.3.